The molecule has 22 heavy (non-hydrogen) atoms. The molecule has 0 bridgehead atoms. The highest BCUT2D eigenvalue weighted by Gasteiger charge is 2.25. The number of carbonyl (C=O) groups excluding carboxylic acids is 1. The third-order valence-electron chi connectivity index (χ3n) is 4.18. The molecule has 4 heteroatoms. The summed E-state index contributed by atoms with van der Waals surface area (Å²) in [5, 5.41) is 0. The van der Waals surface area contributed by atoms with Gasteiger partial charge in [0.1, 0.15) is 12.2 Å². The maximum Gasteiger partial charge on any atom is 0.272 e. The molecule has 1 saturated heterocycles. The topological polar surface area (TPSA) is 37.6 Å². The Bertz CT molecular complexity index is 634. The van der Waals surface area contributed by atoms with Crippen LogP contribution in [-0.4, -0.2) is 42.0 Å². The molecule has 114 valence electrons. The fourth-order valence-electron chi connectivity index (χ4n) is 2.96. The minimum atomic E-state index is 0.0511. The number of hydrogen-bond acceptors (Lipinski definition) is 2. The molecule has 0 aliphatic carbocycles. The number of nitrogens with one attached hydrogen (secondary N) is 1. The Labute approximate surface area is 131 Å². The first-order valence-electron chi connectivity index (χ1n) is 7.82. The highest BCUT2D eigenvalue weighted by atomic mass is 16.2. The lowest BCUT2D eigenvalue weighted by Gasteiger charge is -2.32. The van der Waals surface area contributed by atoms with E-state index >= 15 is 0 Å². The molecule has 1 aliphatic rings. The van der Waals surface area contributed by atoms with Gasteiger partial charge >= 0.3 is 0 Å². The van der Waals surface area contributed by atoms with Gasteiger partial charge in [0, 0.05) is 11.8 Å². The number of aryl methyl sites for hydroxylation is 1. The van der Waals surface area contributed by atoms with Crippen molar-refractivity contribution in [3.8, 4) is 0 Å². The molecule has 1 N–H and O–H groups in total. The van der Waals surface area contributed by atoms with Crippen molar-refractivity contribution in [2.75, 3.05) is 26.2 Å². The van der Waals surface area contributed by atoms with Crippen LogP contribution in [-0.2, 0) is 6.54 Å². The van der Waals surface area contributed by atoms with Crippen molar-refractivity contribution in [3.05, 3.63) is 65.5 Å². The van der Waals surface area contributed by atoms with Gasteiger partial charge in [0.2, 0.25) is 0 Å². The van der Waals surface area contributed by atoms with Crippen LogP contribution in [0.4, 0.5) is 0 Å². The molecule has 0 saturated carbocycles. The quantitative estimate of drug-likeness (QED) is 0.915. The molecule has 2 aromatic rings. The maximum atomic E-state index is 12.4. The zero-order valence-corrected chi connectivity index (χ0v) is 13.0. The standard InChI is InChI=1S/C18H21N3O/c1-15-5-4-6-16(13-15)14-20-9-11-21(12-10-20)18(22)17-7-2-3-8-19-17/h2-8,13H,9-12,14H2,1H3/p+1. The van der Waals surface area contributed by atoms with Crippen molar-refractivity contribution in [1.29, 1.82) is 0 Å². The number of piperazine rings is 1. The number of carbonyl (C=O) groups is 1. The Hall–Kier alpha value is -2.20. The Morgan fingerprint density at radius 2 is 2.00 bits per heavy atom. The predicted molar refractivity (Wildman–Crippen MR) is 85.7 cm³/mol. The van der Waals surface area contributed by atoms with Gasteiger partial charge in [0.05, 0.1) is 26.2 Å². The van der Waals surface area contributed by atoms with Crippen molar-refractivity contribution in [2.24, 2.45) is 0 Å². The van der Waals surface area contributed by atoms with E-state index in [2.05, 4.69) is 36.2 Å². The number of amides is 1. The lowest BCUT2D eigenvalue weighted by molar-refractivity contribution is -0.917. The Kier molecular flexibility index (Phi) is 4.49. The van der Waals surface area contributed by atoms with Gasteiger partial charge in [-0.2, -0.15) is 0 Å². The third kappa shape index (κ3) is 3.52. The lowest BCUT2D eigenvalue weighted by Crippen LogP contribution is -3.13. The van der Waals surface area contributed by atoms with Gasteiger partial charge in [-0.1, -0.05) is 35.9 Å². The van der Waals surface area contributed by atoms with Gasteiger partial charge < -0.3 is 9.80 Å². The summed E-state index contributed by atoms with van der Waals surface area (Å²) >= 11 is 0. The van der Waals surface area contributed by atoms with Crippen molar-refractivity contribution in [3.63, 3.8) is 0 Å². The van der Waals surface area contributed by atoms with Crippen molar-refractivity contribution in [2.45, 2.75) is 13.5 Å². The number of quaternary nitrogens is 1. The summed E-state index contributed by atoms with van der Waals surface area (Å²) in [5.41, 5.74) is 3.23. The van der Waals surface area contributed by atoms with Crippen LogP contribution in [0.5, 0.6) is 0 Å². The van der Waals surface area contributed by atoms with E-state index in [0.717, 1.165) is 32.7 Å². The van der Waals surface area contributed by atoms with Crippen LogP contribution in [0.15, 0.2) is 48.7 Å². The molecule has 1 fully saturated rings. The molecular formula is C18H22N3O+. The predicted octanol–water partition coefficient (Wildman–Crippen LogP) is 0.931. The highest BCUT2D eigenvalue weighted by molar-refractivity contribution is 5.92. The number of aromatic nitrogens is 1. The molecular weight excluding hydrogens is 274 g/mol. The lowest BCUT2D eigenvalue weighted by atomic mass is 10.1. The van der Waals surface area contributed by atoms with E-state index in [0.29, 0.717) is 5.69 Å². The summed E-state index contributed by atoms with van der Waals surface area (Å²) in [4.78, 5) is 20.0. The molecule has 3 rings (SSSR count). The van der Waals surface area contributed by atoms with E-state index in [-0.39, 0.29) is 5.91 Å². The molecule has 1 aromatic heterocycles. The van der Waals surface area contributed by atoms with Crippen LogP contribution in [0, 0.1) is 6.92 Å². The Balaban J connectivity index is 1.55. The summed E-state index contributed by atoms with van der Waals surface area (Å²) < 4.78 is 0. The molecule has 2 heterocycles. The first kappa shape index (κ1) is 14.7. The van der Waals surface area contributed by atoms with Crippen molar-refractivity contribution < 1.29 is 9.69 Å². The van der Waals surface area contributed by atoms with Crippen LogP contribution in [0.2, 0.25) is 0 Å². The van der Waals surface area contributed by atoms with Crippen molar-refractivity contribution in [1.82, 2.24) is 9.88 Å². The smallest absolute Gasteiger partial charge is 0.272 e. The maximum absolute atomic E-state index is 12.4. The highest BCUT2D eigenvalue weighted by Crippen LogP contribution is 2.04. The first-order chi connectivity index (χ1) is 10.7. The summed E-state index contributed by atoms with van der Waals surface area (Å²) in [6, 6.07) is 14.2. The normalized spacial score (nSPS) is 15.8. The third-order valence-corrected chi connectivity index (χ3v) is 4.18. The monoisotopic (exact) mass is 296 g/mol. The molecule has 4 nitrogen and oxygen atoms in total. The van der Waals surface area contributed by atoms with E-state index in [1.807, 2.05) is 17.0 Å². The molecule has 1 aliphatic heterocycles. The van der Waals surface area contributed by atoms with Gasteiger partial charge in [-0.3, -0.25) is 9.78 Å². The molecule has 0 radical (unpaired) electrons. The van der Waals surface area contributed by atoms with Crippen molar-refractivity contribution >= 4 is 5.91 Å². The first-order valence-corrected chi connectivity index (χ1v) is 7.82. The fraction of sp³-hybridized carbons (Fsp3) is 0.333. The summed E-state index contributed by atoms with van der Waals surface area (Å²) in [7, 11) is 0. The second-order valence-corrected chi connectivity index (χ2v) is 5.92. The molecule has 0 spiro atoms. The second kappa shape index (κ2) is 6.71. The average molecular weight is 296 g/mol. The average Bonchev–Trinajstić information content (AvgIpc) is 2.56. The van der Waals surface area contributed by atoms with Crippen LogP contribution >= 0.6 is 0 Å². The molecule has 1 aromatic carbocycles. The zero-order chi connectivity index (χ0) is 15.4. The van der Waals surface area contributed by atoms with Gasteiger partial charge in [-0.25, -0.2) is 0 Å². The minimum absolute atomic E-state index is 0.0511. The van der Waals surface area contributed by atoms with E-state index in [1.54, 1.807) is 12.3 Å². The van der Waals surface area contributed by atoms with Gasteiger partial charge in [0.25, 0.3) is 5.91 Å². The summed E-state index contributed by atoms with van der Waals surface area (Å²) in [5.74, 6) is 0.0511. The van der Waals surface area contributed by atoms with Gasteiger partial charge in [-0.15, -0.1) is 0 Å². The minimum Gasteiger partial charge on any atom is -0.328 e. The van der Waals surface area contributed by atoms with Gasteiger partial charge in [-0.05, 0) is 19.1 Å². The SMILES string of the molecule is Cc1cccc(C[NH+]2CCN(C(=O)c3ccccn3)CC2)c1. The fourth-order valence-corrected chi connectivity index (χ4v) is 2.96. The van der Waals surface area contributed by atoms with Crippen LogP contribution in [0.1, 0.15) is 21.6 Å². The number of nitrogens with zero attached hydrogens (tertiary/aromatic N) is 2. The van der Waals surface area contributed by atoms with E-state index in [9.17, 15) is 4.79 Å². The van der Waals surface area contributed by atoms with E-state index < -0.39 is 0 Å². The largest absolute Gasteiger partial charge is 0.328 e. The van der Waals surface area contributed by atoms with Crippen LogP contribution in [0.3, 0.4) is 0 Å². The molecule has 0 unspecified atom stereocenters. The van der Waals surface area contributed by atoms with E-state index in [1.165, 1.54) is 16.0 Å². The van der Waals surface area contributed by atoms with E-state index in [4.69, 9.17) is 0 Å². The molecule has 1 amide bonds. The zero-order valence-electron chi connectivity index (χ0n) is 13.0. The van der Waals surface area contributed by atoms with Crippen LogP contribution < -0.4 is 4.90 Å². The Morgan fingerprint density at radius 1 is 1.18 bits per heavy atom. The summed E-state index contributed by atoms with van der Waals surface area (Å²) in [6.07, 6.45) is 1.67. The second-order valence-electron chi connectivity index (χ2n) is 5.92. The number of rotatable bonds is 3. The molecule has 0 atom stereocenters. The van der Waals surface area contributed by atoms with Gasteiger partial charge in [0.15, 0.2) is 0 Å². The van der Waals surface area contributed by atoms with Crippen LogP contribution in [0.25, 0.3) is 0 Å². The number of benzene rings is 1. The number of pyridine rings is 1. The Morgan fingerprint density at radius 3 is 2.68 bits per heavy atom. The summed E-state index contributed by atoms with van der Waals surface area (Å²) in [6.45, 7) is 6.75. The number of hydrogen-bond donors (Lipinski definition) is 1.